The fourth-order valence-corrected chi connectivity index (χ4v) is 3.05. The summed E-state index contributed by atoms with van der Waals surface area (Å²) in [6.07, 6.45) is 1.61. The molecule has 1 fully saturated rings. The van der Waals surface area contributed by atoms with Crippen molar-refractivity contribution in [3.8, 4) is 11.3 Å². The topological polar surface area (TPSA) is 66.7 Å². The Labute approximate surface area is 150 Å². The van der Waals surface area contributed by atoms with E-state index in [1.807, 2.05) is 60.7 Å². The standard InChI is InChI=1S/C20H17N3O3/c1-14-19(24)22(20(25)23(14)16-10-6-3-7-11-16)13-18-21-12-17(26-18)15-8-4-2-5-9-15/h2-12,14H,13H2,1H3/t14-/m0/s1. The van der Waals surface area contributed by atoms with Gasteiger partial charge in [-0.15, -0.1) is 0 Å². The summed E-state index contributed by atoms with van der Waals surface area (Å²) in [7, 11) is 0. The zero-order valence-electron chi connectivity index (χ0n) is 14.2. The summed E-state index contributed by atoms with van der Waals surface area (Å²) >= 11 is 0. The van der Waals surface area contributed by atoms with Crippen molar-refractivity contribution in [1.82, 2.24) is 9.88 Å². The first-order chi connectivity index (χ1) is 12.6. The zero-order chi connectivity index (χ0) is 18.1. The Bertz CT molecular complexity index is 937. The van der Waals surface area contributed by atoms with E-state index in [-0.39, 0.29) is 18.5 Å². The molecule has 1 aliphatic rings. The van der Waals surface area contributed by atoms with E-state index >= 15 is 0 Å². The van der Waals surface area contributed by atoms with Crippen LogP contribution >= 0.6 is 0 Å². The number of nitrogens with zero attached hydrogens (tertiary/aromatic N) is 3. The van der Waals surface area contributed by atoms with Gasteiger partial charge in [0.1, 0.15) is 12.6 Å². The number of amides is 3. The lowest BCUT2D eigenvalue weighted by Gasteiger charge is -2.18. The molecule has 0 aliphatic carbocycles. The van der Waals surface area contributed by atoms with Crippen LogP contribution in [-0.4, -0.2) is 27.9 Å². The molecule has 0 N–H and O–H groups in total. The lowest BCUT2D eigenvalue weighted by molar-refractivity contribution is -0.127. The average molecular weight is 347 g/mol. The van der Waals surface area contributed by atoms with E-state index in [9.17, 15) is 9.59 Å². The minimum atomic E-state index is -0.562. The van der Waals surface area contributed by atoms with E-state index in [1.165, 1.54) is 9.80 Å². The van der Waals surface area contributed by atoms with Crippen LogP contribution in [0.1, 0.15) is 12.8 Å². The van der Waals surface area contributed by atoms with Crippen LogP contribution in [0.5, 0.6) is 0 Å². The Morgan fingerprint density at radius 1 is 1.00 bits per heavy atom. The Hall–Kier alpha value is -3.41. The van der Waals surface area contributed by atoms with Gasteiger partial charge in [-0.1, -0.05) is 48.5 Å². The molecule has 6 nitrogen and oxygen atoms in total. The van der Waals surface area contributed by atoms with Gasteiger partial charge >= 0.3 is 6.03 Å². The number of aromatic nitrogens is 1. The molecule has 0 radical (unpaired) electrons. The van der Waals surface area contributed by atoms with E-state index in [4.69, 9.17) is 4.42 Å². The SMILES string of the molecule is C[C@H]1C(=O)N(Cc2ncc(-c3ccccc3)o2)C(=O)N1c1ccccc1. The number of imide groups is 1. The van der Waals surface area contributed by atoms with Crippen LogP contribution in [0.4, 0.5) is 10.5 Å². The number of rotatable bonds is 4. The predicted molar refractivity (Wildman–Crippen MR) is 96.3 cm³/mol. The Balaban J connectivity index is 1.56. The number of benzene rings is 2. The van der Waals surface area contributed by atoms with Gasteiger partial charge in [-0.3, -0.25) is 14.6 Å². The molecule has 1 aliphatic heterocycles. The van der Waals surface area contributed by atoms with Crippen LogP contribution in [0.25, 0.3) is 11.3 Å². The maximum Gasteiger partial charge on any atom is 0.332 e. The monoisotopic (exact) mass is 347 g/mol. The van der Waals surface area contributed by atoms with E-state index in [1.54, 1.807) is 13.1 Å². The van der Waals surface area contributed by atoms with Crippen molar-refractivity contribution >= 4 is 17.6 Å². The van der Waals surface area contributed by atoms with Gasteiger partial charge in [0.05, 0.1) is 6.20 Å². The molecule has 0 unspecified atom stereocenters. The molecule has 130 valence electrons. The number of carbonyl (C=O) groups is 2. The molecule has 0 spiro atoms. The molecule has 6 heteroatoms. The van der Waals surface area contributed by atoms with Gasteiger partial charge in [0, 0.05) is 11.3 Å². The minimum absolute atomic E-state index is 0.0121. The van der Waals surface area contributed by atoms with E-state index < -0.39 is 6.04 Å². The highest BCUT2D eigenvalue weighted by Gasteiger charge is 2.43. The van der Waals surface area contributed by atoms with Crippen LogP contribution in [-0.2, 0) is 11.3 Å². The number of oxazole rings is 1. The van der Waals surface area contributed by atoms with Crippen LogP contribution in [0.2, 0.25) is 0 Å². The molecule has 26 heavy (non-hydrogen) atoms. The molecule has 0 saturated carbocycles. The van der Waals surface area contributed by atoms with Crippen LogP contribution in [0.15, 0.2) is 71.3 Å². The molecule has 3 amide bonds. The van der Waals surface area contributed by atoms with Crippen molar-refractivity contribution in [3.05, 3.63) is 72.8 Å². The maximum atomic E-state index is 12.8. The lowest BCUT2D eigenvalue weighted by atomic mass is 10.2. The van der Waals surface area contributed by atoms with Crippen molar-refractivity contribution in [2.45, 2.75) is 19.5 Å². The van der Waals surface area contributed by atoms with Crippen LogP contribution < -0.4 is 4.90 Å². The third kappa shape index (κ3) is 2.75. The zero-order valence-corrected chi connectivity index (χ0v) is 14.2. The van der Waals surface area contributed by atoms with Crippen molar-refractivity contribution in [1.29, 1.82) is 0 Å². The van der Waals surface area contributed by atoms with E-state index in [0.717, 1.165) is 5.56 Å². The Morgan fingerprint density at radius 2 is 1.65 bits per heavy atom. The highest BCUT2D eigenvalue weighted by atomic mass is 16.4. The number of hydrogen-bond donors (Lipinski definition) is 0. The summed E-state index contributed by atoms with van der Waals surface area (Å²) in [6, 6.07) is 17.8. The summed E-state index contributed by atoms with van der Waals surface area (Å²) in [5, 5.41) is 0. The minimum Gasteiger partial charge on any atom is -0.439 e. The van der Waals surface area contributed by atoms with Gasteiger partial charge < -0.3 is 4.42 Å². The van der Waals surface area contributed by atoms with Crippen molar-refractivity contribution in [2.24, 2.45) is 0 Å². The quantitative estimate of drug-likeness (QED) is 0.675. The molecule has 3 aromatic rings. The number of urea groups is 1. The van der Waals surface area contributed by atoms with Gasteiger partial charge in [-0.05, 0) is 19.1 Å². The van der Waals surface area contributed by atoms with Crippen LogP contribution in [0, 0.1) is 0 Å². The second-order valence-corrected chi connectivity index (χ2v) is 6.07. The first kappa shape index (κ1) is 16.1. The fourth-order valence-electron chi connectivity index (χ4n) is 3.05. The second-order valence-electron chi connectivity index (χ2n) is 6.07. The molecule has 1 atom stereocenters. The third-order valence-corrected chi connectivity index (χ3v) is 4.39. The van der Waals surface area contributed by atoms with Gasteiger partial charge in [-0.2, -0.15) is 0 Å². The van der Waals surface area contributed by atoms with E-state index in [0.29, 0.717) is 17.3 Å². The molecule has 2 heterocycles. The number of carbonyl (C=O) groups excluding carboxylic acids is 2. The van der Waals surface area contributed by atoms with E-state index in [2.05, 4.69) is 4.98 Å². The first-order valence-corrected chi connectivity index (χ1v) is 8.35. The summed E-state index contributed by atoms with van der Waals surface area (Å²) in [4.78, 5) is 32.2. The number of para-hydroxylation sites is 1. The predicted octanol–water partition coefficient (Wildman–Crippen LogP) is 3.70. The Kier molecular flexibility index (Phi) is 4.01. The molecule has 2 aromatic carbocycles. The fraction of sp³-hybridized carbons (Fsp3) is 0.150. The van der Waals surface area contributed by atoms with Crippen molar-refractivity contribution in [3.63, 3.8) is 0 Å². The van der Waals surface area contributed by atoms with Crippen molar-refractivity contribution in [2.75, 3.05) is 4.90 Å². The number of anilines is 1. The van der Waals surface area contributed by atoms with Crippen molar-refractivity contribution < 1.29 is 14.0 Å². The first-order valence-electron chi connectivity index (χ1n) is 8.35. The largest absolute Gasteiger partial charge is 0.439 e. The summed E-state index contributed by atoms with van der Waals surface area (Å²) in [5.41, 5.74) is 1.59. The van der Waals surface area contributed by atoms with Crippen LogP contribution in [0.3, 0.4) is 0 Å². The average Bonchev–Trinajstić information content (AvgIpc) is 3.23. The second kappa shape index (κ2) is 6.48. The smallest absolute Gasteiger partial charge is 0.332 e. The molecule has 1 aromatic heterocycles. The number of hydrogen-bond acceptors (Lipinski definition) is 4. The maximum absolute atomic E-state index is 12.8. The summed E-state index contributed by atoms with van der Waals surface area (Å²) in [5.74, 6) is 0.665. The van der Waals surface area contributed by atoms with Gasteiger partial charge in [0.25, 0.3) is 5.91 Å². The summed E-state index contributed by atoms with van der Waals surface area (Å²) < 4.78 is 5.73. The van der Waals surface area contributed by atoms with Gasteiger partial charge in [0.2, 0.25) is 5.89 Å². The molecule has 4 rings (SSSR count). The lowest BCUT2D eigenvalue weighted by Crippen LogP contribution is -2.33. The van der Waals surface area contributed by atoms with Gasteiger partial charge in [0.15, 0.2) is 5.76 Å². The normalized spacial score (nSPS) is 17.2. The van der Waals surface area contributed by atoms with Gasteiger partial charge in [-0.25, -0.2) is 9.78 Å². The highest BCUT2D eigenvalue weighted by molar-refractivity contribution is 6.13. The molecule has 0 bridgehead atoms. The molecule has 1 saturated heterocycles. The third-order valence-electron chi connectivity index (χ3n) is 4.39. The molecular formula is C20H17N3O3. The Morgan fingerprint density at radius 3 is 2.35 bits per heavy atom. The summed E-state index contributed by atoms with van der Waals surface area (Å²) in [6.45, 7) is 1.73. The molecular weight excluding hydrogens is 330 g/mol. The highest BCUT2D eigenvalue weighted by Crippen LogP contribution is 2.27.